The van der Waals surface area contributed by atoms with Crippen LogP contribution in [-0.2, 0) is 41.8 Å². The number of rotatable bonds is 29. The van der Waals surface area contributed by atoms with Gasteiger partial charge in [0.1, 0.15) is 0 Å². The smallest absolute Gasteiger partial charge is 0.341 e. The molecule has 0 aromatic heterocycles. The Balaban J connectivity index is 3.92. The third-order valence-corrected chi connectivity index (χ3v) is 31.2. The third kappa shape index (κ3) is 14.3. The Labute approximate surface area is 350 Å². The second kappa shape index (κ2) is 24.7. The zero-order chi connectivity index (χ0) is 42.4. The average molecular weight is 907 g/mol. The first-order valence-corrected chi connectivity index (χ1v) is 38.6. The van der Waals surface area contributed by atoms with E-state index in [1.165, 1.54) is 0 Å². The largest absolute Gasteiger partial charge is 0.398 e. The lowest BCUT2D eigenvalue weighted by molar-refractivity contribution is 0.239. The van der Waals surface area contributed by atoms with Crippen molar-refractivity contribution in [3.63, 3.8) is 0 Å². The van der Waals surface area contributed by atoms with Gasteiger partial charge in [-0.3, -0.25) is 0 Å². The summed E-state index contributed by atoms with van der Waals surface area (Å²) in [5, 5.41) is 12.7. The minimum Gasteiger partial charge on any atom is -0.398 e. The van der Waals surface area contributed by atoms with Crippen LogP contribution in [0.5, 0.6) is 0 Å². The molecule has 0 amide bonds. The molecule has 0 saturated carbocycles. The molecule has 2 unspecified atom stereocenters. The fraction of sp³-hybridized carbons (Fsp3) is 0.838. The molecule has 2 atom stereocenters. The van der Waals surface area contributed by atoms with Crippen molar-refractivity contribution < 1.29 is 35.4 Å². The molecular weight excluding hydrogens is 825 g/mol. The molecule has 1 aromatic rings. The molecule has 0 saturated heterocycles. The summed E-state index contributed by atoms with van der Waals surface area (Å²) in [5.74, 6) is 0.207. The van der Waals surface area contributed by atoms with Gasteiger partial charge in [-0.15, -0.1) is 0 Å². The molecule has 0 aliphatic heterocycles. The average Bonchev–Trinajstić information content (AvgIpc) is 3.18. The van der Waals surface area contributed by atoms with Crippen LogP contribution in [0.4, 0.5) is 0 Å². The van der Waals surface area contributed by atoms with E-state index in [0.29, 0.717) is 9.52 Å². The van der Waals surface area contributed by atoms with Gasteiger partial charge in [-0.2, -0.15) is 0 Å². The van der Waals surface area contributed by atoms with Crippen LogP contribution in [0, 0.1) is 0 Å². The van der Waals surface area contributed by atoms with Gasteiger partial charge >= 0.3 is 34.2 Å². The summed E-state index contributed by atoms with van der Waals surface area (Å²) < 4.78 is 48.5. The van der Waals surface area contributed by atoms with Gasteiger partial charge in [-0.25, -0.2) is 0 Å². The van der Waals surface area contributed by atoms with E-state index in [-0.39, 0.29) is 16.9 Å². The zero-order valence-corrected chi connectivity index (χ0v) is 46.7. The summed E-state index contributed by atoms with van der Waals surface area (Å²) in [6.07, 6.45) is 3.04. The van der Waals surface area contributed by atoms with Gasteiger partial charge in [0.25, 0.3) is 0 Å². The maximum atomic E-state index is 6.36. The SMILES string of the molecule is CO[Si](C)(CCCNC(NCCC[Si](C)(OC)OC)[Si]CCc1c(C(C)[Si](C)(OC)OC)c([Si](C)C)c([Si](C)C)c(C(C)[Si](C)(OC)OC)c1[Si](C)C)OC. The van der Waals surface area contributed by atoms with Crippen molar-refractivity contribution >= 4 is 85.7 Å². The van der Waals surface area contributed by atoms with E-state index in [4.69, 9.17) is 35.4 Å². The molecular formula is C37H81N2O8Si8. The lowest BCUT2D eigenvalue weighted by Gasteiger charge is -2.40. The monoisotopic (exact) mass is 905 g/mol. The molecule has 0 bridgehead atoms. The van der Waals surface area contributed by atoms with Gasteiger partial charge in [-0.05, 0) is 87.3 Å². The topological polar surface area (TPSA) is 97.9 Å². The predicted octanol–water partition coefficient (Wildman–Crippen LogP) is 5.22. The molecule has 319 valence electrons. The van der Waals surface area contributed by atoms with Crippen molar-refractivity contribution in [1.29, 1.82) is 0 Å². The molecule has 0 spiro atoms. The predicted molar refractivity (Wildman–Crippen MR) is 250 cm³/mol. The summed E-state index contributed by atoms with van der Waals surface area (Å²) in [7, 11) is 3.16. The van der Waals surface area contributed by atoms with E-state index < -0.39 is 60.6 Å². The van der Waals surface area contributed by atoms with Crippen molar-refractivity contribution in [1.82, 2.24) is 10.6 Å². The number of benzene rings is 1. The summed E-state index contributed by atoms with van der Waals surface area (Å²) >= 11 is 0. The number of hydrogen-bond acceptors (Lipinski definition) is 10. The fourth-order valence-electron chi connectivity index (χ4n) is 7.47. The maximum absolute atomic E-state index is 6.36. The first-order valence-electron chi connectivity index (χ1n) is 19.9. The van der Waals surface area contributed by atoms with Crippen LogP contribution in [0.15, 0.2) is 0 Å². The summed E-state index contributed by atoms with van der Waals surface area (Å²) in [4.78, 5) is 0. The van der Waals surface area contributed by atoms with Crippen LogP contribution in [0.3, 0.4) is 0 Å². The zero-order valence-electron chi connectivity index (χ0n) is 38.7. The van der Waals surface area contributed by atoms with Gasteiger partial charge in [0, 0.05) is 73.7 Å². The Morgan fingerprint density at radius 1 is 0.527 bits per heavy atom. The third-order valence-electron chi connectivity index (χ3n) is 12.0. The van der Waals surface area contributed by atoms with Gasteiger partial charge in [0.2, 0.25) is 0 Å². The molecule has 0 fully saturated rings. The van der Waals surface area contributed by atoms with E-state index in [1.54, 1.807) is 60.7 Å². The number of hydrogen-bond donors (Lipinski definition) is 2. The minimum absolute atomic E-state index is 0.181. The molecule has 5 radical (unpaired) electrons. The molecule has 2 N–H and O–H groups in total. The molecule has 18 heteroatoms. The minimum atomic E-state index is -2.57. The number of nitrogens with one attached hydrogen (secondary N) is 2. The first kappa shape index (κ1) is 53.6. The first-order chi connectivity index (χ1) is 25.7. The summed E-state index contributed by atoms with van der Waals surface area (Å²) in [5.41, 5.74) is 5.05. The van der Waals surface area contributed by atoms with Gasteiger partial charge in [-0.1, -0.05) is 74.7 Å². The highest BCUT2D eigenvalue weighted by Gasteiger charge is 2.45. The summed E-state index contributed by atoms with van der Waals surface area (Å²) in [6, 6.07) is 2.99. The quantitative estimate of drug-likeness (QED) is 0.0634. The fourth-order valence-corrected chi connectivity index (χ4v) is 21.8. The van der Waals surface area contributed by atoms with E-state index in [1.807, 2.05) is 28.4 Å². The molecule has 10 nitrogen and oxygen atoms in total. The Bertz CT molecular complexity index is 1240. The van der Waals surface area contributed by atoms with Crippen molar-refractivity contribution in [2.24, 2.45) is 0 Å². The lowest BCUT2D eigenvalue weighted by atomic mass is 9.97. The standard InChI is InChI=1S/C37H81N2O8Si8/c1-29(54(19,44-7)45-8)32-31(34(49(11)12)33(30(2)55(20,46-9)47-10)36(51(15)16)35(32)50(13)14)23-26-48-37(38-24-21-27-52(17,40-3)41-4)39-25-22-28-53(18,42-5)43-6/h29-30,37-39H,21-28H2,1-20H3. The summed E-state index contributed by atoms with van der Waals surface area (Å²) in [6.45, 7) is 30.3. The van der Waals surface area contributed by atoms with E-state index >= 15 is 0 Å². The Morgan fingerprint density at radius 3 is 1.20 bits per heavy atom. The van der Waals surface area contributed by atoms with Crippen molar-refractivity contribution in [2.45, 2.75) is 134 Å². The maximum Gasteiger partial charge on any atom is 0.341 e. The van der Waals surface area contributed by atoms with Crippen LogP contribution in [0.2, 0.25) is 83.6 Å². The normalized spacial score (nSPS) is 14.6. The molecule has 1 aromatic carbocycles. The molecule has 55 heavy (non-hydrogen) atoms. The van der Waals surface area contributed by atoms with Crippen LogP contribution in [-0.4, -0.2) is 146 Å². The second-order valence-electron chi connectivity index (χ2n) is 16.1. The van der Waals surface area contributed by atoms with Crippen LogP contribution in [0.25, 0.3) is 0 Å². The molecule has 0 heterocycles. The second-order valence-corrected chi connectivity index (χ2v) is 39.6. The van der Waals surface area contributed by atoms with Gasteiger partial charge < -0.3 is 46.0 Å². The van der Waals surface area contributed by atoms with Gasteiger partial charge in [0.15, 0.2) is 0 Å². The van der Waals surface area contributed by atoms with E-state index in [9.17, 15) is 0 Å². The Kier molecular flexibility index (Phi) is 24.1. The van der Waals surface area contributed by atoms with E-state index in [0.717, 1.165) is 50.5 Å². The van der Waals surface area contributed by atoms with E-state index in [2.05, 4.69) is 90.0 Å². The Hall–Kier alpha value is 0.555. The molecule has 0 aliphatic rings. The Morgan fingerprint density at radius 2 is 0.873 bits per heavy atom. The molecule has 1 rings (SSSR count). The van der Waals surface area contributed by atoms with Gasteiger partial charge in [0.05, 0.1) is 35.9 Å². The molecule has 0 aliphatic carbocycles. The van der Waals surface area contributed by atoms with Crippen molar-refractivity contribution in [3.8, 4) is 0 Å². The highest BCUT2D eigenvalue weighted by molar-refractivity contribution is 6.85. The van der Waals surface area contributed by atoms with Crippen LogP contribution >= 0.6 is 0 Å². The van der Waals surface area contributed by atoms with Crippen molar-refractivity contribution in [3.05, 3.63) is 16.7 Å². The van der Waals surface area contributed by atoms with Crippen molar-refractivity contribution in [2.75, 3.05) is 70.0 Å². The highest BCUT2D eigenvalue weighted by Crippen LogP contribution is 2.34. The van der Waals surface area contributed by atoms with Crippen LogP contribution < -0.4 is 26.2 Å². The van der Waals surface area contributed by atoms with Crippen LogP contribution in [0.1, 0.15) is 54.5 Å². The lowest BCUT2D eigenvalue weighted by Crippen LogP contribution is -2.59. The highest BCUT2D eigenvalue weighted by atomic mass is 28.4.